The zero-order valence-electron chi connectivity index (χ0n) is 10.3. The maximum absolute atomic E-state index is 11.6. The fourth-order valence-corrected chi connectivity index (χ4v) is 1.73. The summed E-state index contributed by atoms with van der Waals surface area (Å²) >= 11 is 5.79. The first-order valence-corrected chi connectivity index (χ1v) is 6.05. The number of nitrogens with zero attached hydrogens (tertiary/aromatic N) is 1. The van der Waals surface area contributed by atoms with E-state index in [-0.39, 0.29) is 24.7 Å². The van der Waals surface area contributed by atoms with Crippen molar-refractivity contribution < 1.29 is 14.3 Å². The molecule has 102 valence electrons. The lowest BCUT2D eigenvalue weighted by atomic mass is 10.1. The molecule has 1 heterocycles. The van der Waals surface area contributed by atoms with Crippen LogP contribution in [0.15, 0.2) is 39.7 Å². The van der Waals surface area contributed by atoms with E-state index in [2.05, 4.69) is 0 Å². The van der Waals surface area contributed by atoms with Gasteiger partial charge in [-0.15, -0.1) is 0 Å². The molecule has 0 radical (unpaired) electrons. The Labute approximate surface area is 119 Å². The molecule has 0 spiro atoms. The van der Waals surface area contributed by atoms with Crippen LogP contribution < -0.4 is 10.2 Å². The molecule has 2 aromatic rings. The van der Waals surface area contributed by atoms with Crippen LogP contribution in [0.25, 0.3) is 0 Å². The van der Waals surface area contributed by atoms with Crippen LogP contribution in [0, 0.1) is 11.3 Å². The Balaban J connectivity index is 2.17. The van der Waals surface area contributed by atoms with Crippen molar-refractivity contribution in [2.24, 2.45) is 0 Å². The molecule has 0 saturated heterocycles. The Kier molecular flexibility index (Phi) is 4.41. The van der Waals surface area contributed by atoms with Crippen LogP contribution >= 0.6 is 11.6 Å². The molecule has 0 unspecified atom stereocenters. The van der Waals surface area contributed by atoms with Gasteiger partial charge in [0.2, 0.25) is 11.2 Å². The molecule has 1 N–H and O–H groups in total. The predicted molar refractivity (Wildman–Crippen MR) is 71.4 cm³/mol. The van der Waals surface area contributed by atoms with Gasteiger partial charge in [-0.3, -0.25) is 4.79 Å². The van der Waals surface area contributed by atoms with Gasteiger partial charge in [0.25, 0.3) is 0 Å². The van der Waals surface area contributed by atoms with Crippen molar-refractivity contribution in [1.29, 1.82) is 5.26 Å². The molecule has 0 aliphatic carbocycles. The van der Waals surface area contributed by atoms with E-state index in [4.69, 9.17) is 31.1 Å². The highest BCUT2D eigenvalue weighted by atomic mass is 35.5. The highest BCUT2D eigenvalue weighted by molar-refractivity contribution is 6.30. The van der Waals surface area contributed by atoms with Crippen molar-refractivity contribution in [2.75, 3.05) is 0 Å². The van der Waals surface area contributed by atoms with E-state index in [1.54, 1.807) is 12.1 Å². The number of ether oxygens (including phenoxy) is 1. The second-order valence-corrected chi connectivity index (χ2v) is 4.37. The van der Waals surface area contributed by atoms with E-state index in [1.165, 1.54) is 6.07 Å². The zero-order valence-corrected chi connectivity index (χ0v) is 11.1. The van der Waals surface area contributed by atoms with Crippen LogP contribution in [0.1, 0.15) is 16.9 Å². The number of benzene rings is 1. The predicted octanol–water partition coefficient (Wildman–Crippen LogP) is 2.24. The summed E-state index contributed by atoms with van der Waals surface area (Å²) in [4.78, 5) is 11.6. The summed E-state index contributed by atoms with van der Waals surface area (Å²) in [5.74, 6) is 0.174. The maximum Gasteiger partial charge on any atom is 0.227 e. The van der Waals surface area contributed by atoms with Gasteiger partial charge in [-0.25, -0.2) is 0 Å². The first kappa shape index (κ1) is 14.1. The maximum atomic E-state index is 11.6. The van der Waals surface area contributed by atoms with Crippen LogP contribution in [-0.4, -0.2) is 5.11 Å². The molecule has 0 aliphatic heterocycles. The Bertz CT molecular complexity index is 718. The van der Waals surface area contributed by atoms with Crippen molar-refractivity contribution in [2.45, 2.75) is 13.2 Å². The van der Waals surface area contributed by atoms with E-state index in [9.17, 15) is 4.79 Å². The normalized spacial score (nSPS) is 10.1. The molecule has 0 saturated carbocycles. The minimum absolute atomic E-state index is 0.0149. The Hall–Kier alpha value is -2.29. The standard InChI is InChI=1S/C14H10ClNO4/c15-11-2-1-9(10(3-11)5-16)7-20-14-8-19-12(6-17)4-13(14)18/h1-4,8,17H,6-7H2. The monoisotopic (exact) mass is 291 g/mol. The Morgan fingerprint density at radius 1 is 1.40 bits per heavy atom. The molecule has 6 heteroatoms. The van der Waals surface area contributed by atoms with E-state index >= 15 is 0 Å². The Morgan fingerprint density at radius 2 is 2.20 bits per heavy atom. The highest BCUT2D eigenvalue weighted by Crippen LogP contribution is 2.17. The van der Waals surface area contributed by atoms with Gasteiger partial charge in [-0.05, 0) is 12.1 Å². The second kappa shape index (κ2) is 6.24. The molecule has 2 rings (SSSR count). The number of hydrogen-bond donors (Lipinski definition) is 1. The summed E-state index contributed by atoms with van der Waals surface area (Å²) in [7, 11) is 0. The quantitative estimate of drug-likeness (QED) is 0.934. The highest BCUT2D eigenvalue weighted by Gasteiger charge is 2.07. The SMILES string of the molecule is N#Cc1cc(Cl)ccc1COc1coc(CO)cc1=O. The number of nitriles is 1. The average molecular weight is 292 g/mol. The van der Waals surface area contributed by atoms with Crippen LogP contribution in [0.2, 0.25) is 5.02 Å². The van der Waals surface area contributed by atoms with E-state index in [0.717, 1.165) is 12.3 Å². The molecule has 0 atom stereocenters. The van der Waals surface area contributed by atoms with Crippen LogP contribution in [-0.2, 0) is 13.2 Å². The van der Waals surface area contributed by atoms with Crippen molar-refractivity contribution in [3.05, 3.63) is 62.7 Å². The summed E-state index contributed by atoms with van der Waals surface area (Å²) in [6.07, 6.45) is 1.13. The van der Waals surface area contributed by atoms with Gasteiger partial charge in [0, 0.05) is 16.7 Å². The van der Waals surface area contributed by atoms with Crippen molar-refractivity contribution >= 4 is 11.6 Å². The van der Waals surface area contributed by atoms with Crippen molar-refractivity contribution in [1.82, 2.24) is 0 Å². The first-order valence-electron chi connectivity index (χ1n) is 5.68. The van der Waals surface area contributed by atoms with Gasteiger partial charge in [0.15, 0.2) is 0 Å². The lowest BCUT2D eigenvalue weighted by molar-refractivity contribution is 0.236. The van der Waals surface area contributed by atoms with Crippen molar-refractivity contribution in [3.63, 3.8) is 0 Å². The second-order valence-electron chi connectivity index (χ2n) is 3.93. The van der Waals surface area contributed by atoms with Crippen LogP contribution in [0.3, 0.4) is 0 Å². The number of halogens is 1. The van der Waals surface area contributed by atoms with Gasteiger partial charge in [-0.1, -0.05) is 17.7 Å². The number of hydrogen-bond acceptors (Lipinski definition) is 5. The van der Waals surface area contributed by atoms with Gasteiger partial charge in [-0.2, -0.15) is 5.26 Å². The minimum Gasteiger partial charge on any atom is -0.482 e. The third-order valence-corrected chi connectivity index (χ3v) is 2.82. The summed E-state index contributed by atoms with van der Waals surface area (Å²) in [6.45, 7) is -0.311. The summed E-state index contributed by atoms with van der Waals surface area (Å²) in [5, 5.41) is 18.3. The smallest absolute Gasteiger partial charge is 0.227 e. The van der Waals surface area contributed by atoms with E-state index < -0.39 is 5.43 Å². The lowest BCUT2D eigenvalue weighted by Crippen LogP contribution is -2.08. The summed E-state index contributed by atoms with van der Waals surface area (Å²) in [6, 6.07) is 7.98. The number of aliphatic hydroxyl groups is 1. The van der Waals surface area contributed by atoms with Crippen LogP contribution in [0.5, 0.6) is 5.75 Å². The van der Waals surface area contributed by atoms with E-state index in [1.807, 2.05) is 6.07 Å². The number of rotatable bonds is 4. The fourth-order valence-electron chi connectivity index (χ4n) is 1.56. The molecule has 1 aromatic heterocycles. The van der Waals surface area contributed by atoms with Gasteiger partial charge >= 0.3 is 0 Å². The molecular formula is C14H10ClNO4. The topological polar surface area (TPSA) is 83.5 Å². The van der Waals surface area contributed by atoms with Crippen molar-refractivity contribution in [3.8, 4) is 11.8 Å². The van der Waals surface area contributed by atoms with Gasteiger partial charge in [0.05, 0.1) is 11.6 Å². The third-order valence-electron chi connectivity index (χ3n) is 2.58. The minimum atomic E-state index is -0.396. The van der Waals surface area contributed by atoms with E-state index in [0.29, 0.717) is 16.1 Å². The fraction of sp³-hybridized carbons (Fsp3) is 0.143. The molecule has 0 aliphatic rings. The molecule has 0 fully saturated rings. The van der Waals surface area contributed by atoms with Gasteiger partial charge in [0.1, 0.15) is 25.2 Å². The average Bonchev–Trinajstić information content (AvgIpc) is 2.46. The van der Waals surface area contributed by atoms with Gasteiger partial charge < -0.3 is 14.3 Å². The number of aliphatic hydroxyl groups excluding tert-OH is 1. The molecule has 1 aromatic carbocycles. The molecule has 0 amide bonds. The molecular weight excluding hydrogens is 282 g/mol. The largest absolute Gasteiger partial charge is 0.482 e. The molecule has 0 bridgehead atoms. The molecule has 5 nitrogen and oxygen atoms in total. The summed E-state index contributed by atoms with van der Waals surface area (Å²) < 4.78 is 10.3. The zero-order chi connectivity index (χ0) is 14.5. The lowest BCUT2D eigenvalue weighted by Gasteiger charge is -2.07. The van der Waals surface area contributed by atoms with Crippen LogP contribution in [0.4, 0.5) is 0 Å². The summed E-state index contributed by atoms with van der Waals surface area (Å²) in [5.41, 5.74) is 0.601. The third kappa shape index (κ3) is 3.18. The molecule has 20 heavy (non-hydrogen) atoms. The Morgan fingerprint density at radius 3 is 2.85 bits per heavy atom. The first-order chi connectivity index (χ1) is 9.63.